The van der Waals surface area contributed by atoms with Gasteiger partial charge in [0.15, 0.2) is 0 Å². The molecule has 0 aliphatic carbocycles. The summed E-state index contributed by atoms with van der Waals surface area (Å²) >= 11 is 0. The second kappa shape index (κ2) is 1.51. The van der Waals surface area contributed by atoms with E-state index in [4.69, 9.17) is 0 Å². The van der Waals surface area contributed by atoms with Crippen LogP contribution in [0.4, 0.5) is 0 Å². The van der Waals surface area contributed by atoms with Crippen LogP contribution in [0.3, 0.4) is 0 Å². The lowest BCUT2D eigenvalue weighted by molar-refractivity contribution is 0.149. The van der Waals surface area contributed by atoms with Gasteiger partial charge in [-0.05, 0) is 0 Å². The normalized spacial score (nSPS) is 20.4. The molecule has 0 spiro atoms. The fourth-order valence-electron chi connectivity index (χ4n) is 0.707. The fourth-order valence-corrected chi connectivity index (χ4v) is 0.707. The Morgan fingerprint density at radius 1 is 1.11 bits per heavy atom. The van der Waals surface area contributed by atoms with E-state index in [1.54, 1.807) is 23.9 Å². The molecule has 2 rings (SSSR count). The molecule has 0 aromatic carbocycles. The third kappa shape index (κ3) is 0.561. The zero-order valence-corrected chi connectivity index (χ0v) is 4.68. The second-order valence-corrected chi connectivity index (χ2v) is 1.68. The first-order chi connectivity index (χ1) is 4.47. The minimum atomic E-state index is 1.64. The number of fused-ring (bicyclic) bond motifs is 1. The standard InChI is InChI=1S/C5H5N4/c1-3-8-4-2-7-9(8)5-6-1/h1-5H. The van der Waals surface area contributed by atoms with Gasteiger partial charge in [0, 0.05) is 18.6 Å². The van der Waals surface area contributed by atoms with E-state index in [1.807, 2.05) is 17.4 Å². The molecule has 45 valence electrons. The summed E-state index contributed by atoms with van der Waals surface area (Å²) in [6.07, 6.45) is 8.73. The Labute approximate surface area is 52.7 Å². The summed E-state index contributed by atoms with van der Waals surface area (Å²) in [4.78, 5) is 3.86. The summed E-state index contributed by atoms with van der Waals surface area (Å²) in [5, 5.41) is 3.47. The summed E-state index contributed by atoms with van der Waals surface area (Å²) in [7, 11) is 0. The van der Waals surface area contributed by atoms with Gasteiger partial charge < -0.3 is 0 Å². The van der Waals surface area contributed by atoms with Crippen LogP contribution in [0.15, 0.2) is 29.8 Å². The summed E-state index contributed by atoms with van der Waals surface area (Å²) in [6, 6.07) is 0. The van der Waals surface area contributed by atoms with Crippen molar-refractivity contribution in [2.45, 2.75) is 0 Å². The summed E-state index contributed by atoms with van der Waals surface area (Å²) in [5.41, 5.74) is 3.94. The van der Waals surface area contributed by atoms with Gasteiger partial charge in [-0.15, -0.1) is 0 Å². The minimum absolute atomic E-state index is 1.64. The highest BCUT2D eigenvalue weighted by Gasteiger charge is 2.12. The smallest absolute Gasteiger partial charge is 0.136 e. The summed E-state index contributed by atoms with van der Waals surface area (Å²) in [6.45, 7) is 0. The molecule has 0 saturated heterocycles. The first-order valence-electron chi connectivity index (χ1n) is 2.62. The van der Waals surface area contributed by atoms with Crippen LogP contribution in [0.1, 0.15) is 0 Å². The van der Waals surface area contributed by atoms with Crippen LogP contribution in [-0.2, 0) is 0 Å². The van der Waals surface area contributed by atoms with Crippen molar-refractivity contribution in [2.24, 2.45) is 4.99 Å². The van der Waals surface area contributed by atoms with Crippen molar-refractivity contribution in [1.29, 1.82) is 0 Å². The maximum absolute atomic E-state index is 3.94. The van der Waals surface area contributed by atoms with E-state index in [2.05, 4.69) is 10.4 Å². The number of hydrazine groups is 1. The van der Waals surface area contributed by atoms with Crippen LogP contribution < -0.4 is 5.43 Å². The van der Waals surface area contributed by atoms with Gasteiger partial charge in [-0.1, -0.05) is 0 Å². The predicted molar refractivity (Wildman–Crippen MR) is 32.6 cm³/mol. The van der Waals surface area contributed by atoms with Gasteiger partial charge in [0.1, 0.15) is 6.34 Å². The number of hydrogen-bond donors (Lipinski definition) is 0. The Kier molecular flexibility index (Phi) is 0.745. The van der Waals surface area contributed by atoms with Crippen molar-refractivity contribution in [3.63, 3.8) is 0 Å². The monoisotopic (exact) mass is 121 g/mol. The Bertz CT molecular complexity index is 193. The first kappa shape index (κ1) is 4.43. The van der Waals surface area contributed by atoms with Crippen LogP contribution in [0.5, 0.6) is 0 Å². The van der Waals surface area contributed by atoms with Gasteiger partial charge >= 0.3 is 0 Å². The van der Waals surface area contributed by atoms with Crippen LogP contribution >= 0.6 is 0 Å². The zero-order chi connectivity index (χ0) is 6.10. The highest BCUT2D eigenvalue weighted by Crippen LogP contribution is 2.05. The van der Waals surface area contributed by atoms with Gasteiger partial charge in [0.05, 0.1) is 6.20 Å². The Morgan fingerprint density at radius 2 is 2.00 bits per heavy atom. The maximum atomic E-state index is 3.94. The molecule has 0 aromatic heterocycles. The van der Waals surface area contributed by atoms with Crippen LogP contribution in [0.25, 0.3) is 0 Å². The largest absolute Gasteiger partial charge is 0.244 e. The summed E-state index contributed by atoms with van der Waals surface area (Å²) in [5.74, 6) is 0. The molecule has 0 atom stereocenters. The lowest BCUT2D eigenvalue weighted by atomic mass is 10.8. The van der Waals surface area contributed by atoms with Gasteiger partial charge in [0.2, 0.25) is 0 Å². The summed E-state index contributed by atoms with van der Waals surface area (Å²) < 4.78 is 0. The molecule has 0 saturated carbocycles. The van der Waals surface area contributed by atoms with E-state index < -0.39 is 0 Å². The molecule has 0 aromatic rings. The average molecular weight is 121 g/mol. The van der Waals surface area contributed by atoms with Gasteiger partial charge in [-0.25, -0.2) is 10.0 Å². The molecule has 2 aliphatic heterocycles. The molecular weight excluding hydrogens is 116 g/mol. The number of rotatable bonds is 0. The molecule has 0 N–H and O–H groups in total. The number of nitrogens with zero attached hydrogens (tertiary/aromatic N) is 4. The predicted octanol–water partition coefficient (Wildman–Crippen LogP) is 0.0227. The van der Waals surface area contributed by atoms with E-state index in [9.17, 15) is 0 Å². The highest BCUT2D eigenvalue weighted by molar-refractivity contribution is 5.56. The van der Waals surface area contributed by atoms with Crippen molar-refractivity contribution < 1.29 is 0 Å². The van der Waals surface area contributed by atoms with Crippen molar-refractivity contribution in [3.8, 4) is 0 Å². The van der Waals surface area contributed by atoms with Crippen LogP contribution in [0.2, 0.25) is 0 Å². The van der Waals surface area contributed by atoms with E-state index in [0.717, 1.165) is 0 Å². The minimum Gasteiger partial charge on any atom is -0.244 e. The van der Waals surface area contributed by atoms with Gasteiger partial charge in [-0.3, -0.25) is 0 Å². The number of hydrogen-bond acceptors (Lipinski definition) is 3. The molecular formula is C5H5N4. The molecule has 4 heteroatoms. The zero-order valence-electron chi connectivity index (χ0n) is 4.68. The van der Waals surface area contributed by atoms with E-state index in [1.165, 1.54) is 0 Å². The molecule has 2 aliphatic rings. The van der Waals surface area contributed by atoms with Crippen LogP contribution in [0, 0.1) is 0 Å². The third-order valence-electron chi connectivity index (χ3n) is 1.12. The molecule has 1 radical (unpaired) electrons. The Morgan fingerprint density at radius 3 is 2.89 bits per heavy atom. The third-order valence-corrected chi connectivity index (χ3v) is 1.12. The SMILES string of the molecule is C1=CN2C=CN=CN2[N]1. The second-order valence-electron chi connectivity index (χ2n) is 1.68. The maximum Gasteiger partial charge on any atom is 0.136 e. The van der Waals surface area contributed by atoms with E-state index in [0.29, 0.717) is 0 Å². The molecule has 2 heterocycles. The van der Waals surface area contributed by atoms with Gasteiger partial charge in [0.25, 0.3) is 0 Å². The lowest BCUT2D eigenvalue weighted by Gasteiger charge is -2.21. The average Bonchev–Trinajstić information content (AvgIpc) is 2.33. The molecule has 4 nitrogen and oxygen atoms in total. The Balaban J connectivity index is 2.25. The van der Waals surface area contributed by atoms with E-state index in [-0.39, 0.29) is 0 Å². The van der Waals surface area contributed by atoms with Crippen molar-refractivity contribution >= 4 is 6.34 Å². The molecule has 9 heavy (non-hydrogen) atoms. The molecule has 0 amide bonds. The van der Waals surface area contributed by atoms with Crippen molar-refractivity contribution in [3.05, 3.63) is 24.8 Å². The molecule has 0 bridgehead atoms. The van der Waals surface area contributed by atoms with Crippen LogP contribution in [-0.4, -0.2) is 16.5 Å². The Hall–Kier alpha value is -1.45. The topological polar surface area (TPSA) is 32.9 Å². The quantitative estimate of drug-likeness (QED) is 0.452. The van der Waals surface area contributed by atoms with Gasteiger partial charge in [-0.2, -0.15) is 10.5 Å². The van der Waals surface area contributed by atoms with Crippen molar-refractivity contribution in [2.75, 3.05) is 0 Å². The molecule has 0 unspecified atom stereocenters. The molecule has 0 fully saturated rings. The lowest BCUT2D eigenvalue weighted by Crippen LogP contribution is -2.34. The fraction of sp³-hybridized carbons (Fsp3) is 0. The van der Waals surface area contributed by atoms with Crippen molar-refractivity contribution in [1.82, 2.24) is 15.6 Å². The number of aliphatic imine (C=N–C) groups is 1. The van der Waals surface area contributed by atoms with E-state index >= 15 is 0 Å². The first-order valence-corrected chi connectivity index (χ1v) is 2.62. The highest BCUT2D eigenvalue weighted by atomic mass is 15.8.